The number of ether oxygens (including phenoxy) is 1. The van der Waals surface area contributed by atoms with Gasteiger partial charge in [-0.15, -0.1) is 0 Å². The Morgan fingerprint density at radius 3 is 2.88 bits per heavy atom. The zero-order valence-electron chi connectivity index (χ0n) is 9.74. The lowest BCUT2D eigenvalue weighted by atomic mass is 9.89. The van der Waals surface area contributed by atoms with Gasteiger partial charge in [0.05, 0.1) is 0 Å². The van der Waals surface area contributed by atoms with Crippen LogP contribution in [-0.2, 0) is 0 Å². The zero-order chi connectivity index (χ0) is 11.5. The Balaban J connectivity index is 2.02. The molecule has 1 aliphatic rings. The van der Waals surface area contributed by atoms with Gasteiger partial charge < -0.3 is 4.74 Å². The van der Waals surface area contributed by atoms with E-state index >= 15 is 0 Å². The first kappa shape index (κ1) is 11.6. The van der Waals surface area contributed by atoms with Crippen molar-refractivity contribution in [3.05, 3.63) is 17.0 Å². The fourth-order valence-electron chi connectivity index (χ4n) is 2.22. The maximum Gasteiger partial charge on any atom is 0.225 e. The minimum Gasteiger partial charge on any atom is -0.474 e. The summed E-state index contributed by atoms with van der Waals surface area (Å²) in [5, 5.41) is 0.263. The lowest BCUT2D eigenvalue weighted by Gasteiger charge is -2.26. The smallest absolute Gasteiger partial charge is 0.225 e. The molecule has 1 heterocycles. The van der Waals surface area contributed by atoms with Gasteiger partial charge in [-0.1, -0.05) is 13.3 Å². The van der Waals surface area contributed by atoms with Crippen molar-refractivity contribution in [3.8, 4) is 5.88 Å². The second-order valence-corrected chi connectivity index (χ2v) is 4.97. The molecule has 3 nitrogen and oxygen atoms in total. The highest BCUT2D eigenvalue weighted by Gasteiger charge is 2.20. The van der Waals surface area contributed by atoms with Crippen molar-refractivity contribution in [1.82, 2.24) is 9.97 Å². The first-order chi connectivity index (χ1) is 7.63. The molecule has 1 aromatic rings. The van der Waals surface area contributed by atoms with Crippen molar-refractivity contribution in [2.24, 2.45) is 5.92 Å². The summed E-state index contributed by atoms with van der Waals surface area (Å²) >= 11 is 5.79. The molecule has 1 aromatic heterocycles. The molecule has 0 N–H and O–H groups in total. The zero-order valence-corrected chi connectivity index (χ0v) is 10.5. The molecule has 2 atom stereocenters. The van der Waals surface area contributed by atoms with Crippen molar-refractivity contribution >= 4 is 11.6 Å². The quantitative estimate of drug-likeness (QED) is 0.744. The van der Waals surface area contributed by atoms with E-state index in [-0.39, 0.29) is 11.4 Å². The highest BCUT2D eigenvalue weighted by molar-refractivity contribution is 6.28. The maximum absolute atomic E-state index is 5.85. The fraction of sp³-hybridized carbons (Fsp3) is 0.667. The minimum absolute atomic E-state index is 0.263. The lowest BCUT2D eigenvalue weighted by molar-refractivity contribution is 0.123. The third-order valence-corrected chi connectivity index (χ3v) is 3.15. The van der Waals surface area contributed by atoms with Gasteiger partial charge in [0.2, 0.25) is 11.2 Å². The van der Waals surface area contributed by atoms with Crippen LogP contribution in [0.3, 0.4) is 0 Å². The first-order valence-corrected chi connectivity index (χ1v) is 6.19. The Morgan fingerprint density at radius 2 is 2.19 bits per heavy atom. The van der Waals surface area contributed by atoms with E-state index in [0.717, 1.165) is 24.5 Å². The Kier molecular flexibility index (Phi) is 3.64. The predicted molar refractivity (Wildman–Crippen MR) is 63.8 cm³/mol. The van der Waals surface area contributed by atoms with Crippen molar-refractivity contribution in [2.45, 2.75) is 45.6 Å². The third kappa shape index (κ3) is 3.08. The van der Waals surface area contributed by atoms with E-state index in [0.29, 0.717) is 5.88 Å². The Labute approximate surface area is 101 Å². The van der Waals surface area contributed by atoms with E-state index in [1.165, 1.54) is 12.8 Å². The normalized spacial score (nSPS) is 25.4. The van der Waals surface area contributed by atoms with Gasteiger partial charge in [-0.05, 0) is 43.7 Å². The fourth-order valence-corrected chi connectivity index (χ4v) is 2.44. The SMILES string of the molecule is Cc1cc(OC2CCCC(C)C2)nc(Cl)n1. The molecule has 2 unspecified atom stereocenters. The monoisotopic (exact) mass is 240 g/mol. The van der Waals surface area contributed by atoms with Crippen LogP contribution in [0.2, 0.25) is 5.28 Å². The Hall–Kier alpha value is -0.830. The molecule has 0 bridgehead atoms. The summed E-state index contributed by atoms with van der Waals surface area (Å²) in [4.78, 5) is 8.10. The van der Waals surface area contributed by atoms with Crippen LogP contribution < -0.4 is 4.74 Å². The van der Waals surface area contributed by atoms with Crippen LogP contribution in [0.25, 0.3) is 0 Å². The van der Waals surface area contributed by atoms with E-state index < -0.39 is 0 Å². The van der Waals surface area contributed by atoms with Gasteiger partial charge in [0.25, 0.3) is 0 Å². The summed E-state index contributed by atoms with van der Waals surface area (Å²) in [6.07, 6.45) is 5.06. The van der Waals surface area contributed by atoms with Crippen LogP contribution in [0, 0.1) is 12.8 Å². The third-order valence-electron chi connectivity index (χ3n) is 2.98. The van der Waals surface area contributed by atoms with Gasteiger partial charge in [0.1, 0.15) is 6.10 Å². The molecule has 2 rings (SSSR count). The molecule has 0 saturated heterocycles. The molecule has 1 fully saturated rings. The van der Waals surface area contributed by atoms with E-state index in [9.17, 15) is 0 Å². The van der Waals surface area contributed by atoms with E-state index in [1.54, 1.807) is 0 Å². The first-order valence-electron chi connectivity index (χ1n) is 5.81. The van der Waals surface area contributed by atoms with Crippen molar-refractivity contribution in [3.63, 3.8) is 0 Å². The molecule has 0 radical (unpaired) electrons. The highest BCUT2D eigenvalue weighted by atomic mass is 35.5. The van der Waals surface area contributed by atoms with Crippen molar-refractivity contribution in [1.29, 1.82) is 0 Å². The standard InChI is InChI=1S/C12H17ClN2O/c1-8-4-3-5-10(6-8)16-11-7-9(2)14-12(13)15-11/h7-8,10H,3-6H2,1-2H3. The van der Waals surface area contributed by atoms with Crippen molar-refractivity contribution < 1.29 is 4.74 Å². The minimum atomic E-state index is 0.263. The molecule has 1 aliphatic carbocycles. The molecule has 88 valence electrons. The van der Waals surface area contributed by atoms with Gasteiger partial charge in [0.15, 0.2) is 0 Å². The lowest BCUT2D eigenvalue weighted by Crippen LogP contribution is -2.24. The van der Waals surface area contributed by atoms with Gasteiger partial charge in [-0.25, -0.2) is 4.98 Å². The summed E-state index contributed by atoms with van der Waals surface area (Å²) in [6.45, 7) is 4.16. The number of aromatic nitrogens is 2. The molecule has 1 saturated carbocycles. The molecular formula is C12H17ClN2O. The topological polar surface area (TPSA) is 35.0 Å². The number of hydrogen-bond donors (Lipinski definition) is 0. The number of hydrogen-bond acceptors (Lipinski definition) is 3. The van der Waals surface area contributed by atoms with Crippen LogP contribution in [-0.4, -0.2) is 16.1 Å². The number of halogens is 1. The van der Waals surface area contributed by atoms with E-state index in [1.807, 2.05) is 13.0 Å². The van der Waals surface area contributed by atoms with Gasteiger partial charge in [0, 0.05) is 11.8 Å². The average Bonchev–Trinajstić information content (AvgIpc) is 2.15. The molecule has 0 spiro atoms. The summed E-state index contributed by atoms with van der Waals surface area (Å²) in [6, 6.07) is 1.84. The van der Waals surface area contributed by atoms with Crippen molar-refractivity contribution in [2.75, 3.05) is 0 Å². The van der Waals surface area contributed by atoms with Crippen LogP contribution >= 0.6 is 11.6 Å². The molecule has 0 amide bonds. The number of rotatable bonds is 2. The summed E-state index contributed by atoms with van der Waals surface area (Å²) in [5.41, 5.74) is 0.846. The van der Waals surface area contributed by atoms with Gasteiger partial charge in [-0.2, -0.15) is 4.98 Å². The van der Waals surface area contributed by atoms with Gasteiger partial charge in [-0.3, -0.25) is 0 Å². The van der Waals surface area contributed by atoms with Crippen LogP contribution in [0.1, 0.15) is 38.3 Å². The highest BCUT2D eigenvalue weighted by Crippen LogP contribution is 2.27. The second-order valence-electron chi connectivity index (χ2n) is 4.63. The maximum atomic E-state index is 5.85. The van der Waals surface area contributed by atoms with Gasteiger partial charge >= 0.3 is 0 Å². The Bertz CT molecular complexity index is 350. The predicted octanol–water partition coefficient (Wildman–Crippen LogP) is 3.40. The average molecular weight is 241 g/mol. The Morgan fingerprint density at radius 1 is 1.38 bits per heavy atom. The number of aryl methyl sites for hydroxylation is 1. The number of nitrogens with zero attached hydrogens (tertiary/aromatic N) is 2. The largest absolute Gasteiger partial charge is 0.474 e. The second kappa shape index (κ2) is 5.00. The molecule has 0 aliphatic heterocycles. The molecule has 4 heteroatoms. The van der Waals surface area contributed by atoms with Crippen LogP contribution in [0.15, 0.2) is 6.07 Å². The van der Waals surface area contributed by atoms with E-state index in [4.69, 9.17) is 16.3 Å². The van der Waals surface area contributed by atoms with E-state index in [2.05, 4.69) is 16.9 Å². The molecule has 0 aromatic carbocycles. The van der Waals surface area contributed by atoms with Crippen LogP contribution in [0.4, 0.5) is 0 Å². The summed E-state index contributed by atoms with van der Waals surface area (Å²) < 4.78 is 5.85. The molecule has 16 heavy (non-hydrogen) atoms. The summed E-state index contributed by atoms with van der Waals surface area (Å²) in [7, 11) is 0. The van der Waals surface area contributed by atoms with Crippen LogP contribution in [0.5, 0.6) is 5.88 Å². The summed E-state index contributed by atoms with van der Waals surface area (Å²) in [5.74, 6) is 1.36. The molecular weight excluding hydrogens is 224 g/mol.